The van der Waals surface area contributed by atoms with E-state index in [0.29, 0.717) is 16.5 Å². The molecule has 0 saturated heterocycles. The molecular weight excluding hydrogens is 558 g/mol. The Morgan fingerprint density at radius 1 is 0.943 bits per heavy atom. The molecule has 1 amide bonds. The number of ether oxygens (including phenoxy) is 2. The Hall–Kier alpha value is -3.27. The molecule has 0 aliphatic carbocycles. The lowest BCUT2D eigenvalue weighted by atomic mass is 10.3. The van der Waals surface area contributed by atoms with Crippen molar-refractivity contribution in [2.24, 2.45) is 0 Å². The van der Waals surface area contributed by atoms with Crippen LogP contribution in [0.5, 0.6) is 11.5 Å². The Morgan fingerprint density at radius 2 is 1.66 bits per heavy atom. The van der Waals surface area contributed by atoms with E-state index in [1.807, 2.05) is 12.1 Å². The number of methoxy groups -OCH3 is 1. The predicted molar refractivity (Wildman–Crippen MR) is 135 cm³/mol. The lowest BCUT2D eigenvalue weighted by Crippen LogP contribution is -2.12. The normalized spacial score (nSPS) is 11.2. The number of hydrogen-bond acceptors (Lipinski definition) is 6. The van der Waals surface area contributed by atoms with E-state index in [-0.39, 0.29) is 33.6 Å². The third kappa shape index (κ3) is 6.05. The second-order valence-corrected chi connectivity index (χ2v) is 10.6. The third-order valence-electron chi connectivity index (χ3n) is 4.89. The minimum atomic E-state index is -3.88. The van der Waals surface area contributed by atoms with Crippen molar-refractivity contribution in [2.75, 3.05) is 12.4 Å². The number of sulfone groups is 1. The second-order valence-electron chi connectivity index (χ2n) is 7.32. The van der Waals surface area contributed by atoms with Crippen LogP contribution in [0.1, 0.15) is 16.3 Å². The van der Waals surface area contributed by atoms with Gasteiger partial charge in [-0.05, 0) is 72.8 Å². The minimum absolute atomic E-state index is 0.0440. The highest BCUT2D eigenvalue weighted by atomic mass is 79.9. The molecule has 0 spiro atoms. The van der Waals surface area contributed by atoms with Crippen LogP contribution in [0.15, 0.2) is 97.5 Å². The molecule has 180 valence electrons. The minimum Gasteiger partial charge on any atom is -0.497 e. The topological polar surface area (TPSA) is 94.8 Å². The van der Waals surface area contributed by atoms with Crippen LogP contribution in [-0.2, 0) is 16.4 Å². The Labute approximate surface area is 215 Å². The van der Waals surface area contributed by atoms with Crippen molar-refractivity contribution in [3.05, 3.63) is 99.9 Å². The van der Waals surface area contributed by atoms with E-state index in [0.717, 1.165) is 4.47 Å². The van der Waals surface area contributed by atoms with Crippen LogP contribution < -0.4 is 14.8 Å². The Balaban J connectivity index is 1.50. The molecule has 0 aliphatic heterocycles. The van der Waals surface area contributed by atoms with Crippen LogP contribution in [0, 0.1) is 0 Å². The van der Waals surface area contributed by atoms with Crippen molar-refractivity contribution < 1.29 is 27.1 Å². The van der Waals surface area contributed by atoms with Gasteiger partial charge in [-0.2, -0.15) is 0 Å². The average Bonchev–Trinajstić information content (AvgIpc) is 3.33. The van der Waals surface area contributed by atoms with Gasteiger partial charge in [0.1, 0.15) is 23.9 Å². The van der Waals surface area contributed by atoms with Crippen molar-refractivity contribution in [1.82, 2.24) is 0 Å². The van der Waals surface area contributed by atoms with Gasteiger partial charge >= 0.3 is 0 Å². The fraction of sp³-hybridized carbons (Fsp3) is 0.0800. The van der Waals surface area contributed by atoms with Gasteiger partial charge in [0, 0.05) is 21.2 Å². The lowest BCUT2D eigenvalue weighted by Gasteiger charge is -2.11. The Morgan fingerprint density at radius 3 is 2.34 bits per heavy atom. The van der Waals surface area contributed by atoms with Crippen LogP contribution in [0.4, 0.5) is 5.69 Å². The predicted octanol–water partition coefficient (Wildman–Crippen LogP) is 6.37. The van der Waals surface area contributed by atoms with Gasteiger partial charge in [0.15, 0.2) is 5.76 Å². The molecule has 10 heteroatoms. The van der Waals surface area contributed by atoms with Crippen molar-refractivity contribution >= 4 is 49.0 Å². The first-order valence-corrected chi connectivity index (χ1v) is 12.9. The monoisotopic (exact) mass is 575 g/mol. The van der Waals surface area contributed by atoms with Gasteiger partial charge in [0.05, 0.1) is 16.9 Å². The number of rotatable bonds is 8. The zero-order valence-corrected chi connectivity index (χ0v) is 21.5. The highest BCUT2D eigenvalue weighted by Crippen LogP contribution is 2.29. The zero-order chi connectivity index (χ0) is 25.0. The summed E-state index contributed by atoms with van der Waals surface area (Å²) in [5, 5.41) is 3.07. The molecule has 1 aromatic heterocycles. The summed E-state index contributed by atoms with van der Waals surface area (Å²) in [5.41, 5.74) is 0.228. The summed E-state index contributed by atoms with van der Waals surface area (Å²) in [6, 6.07) is 20.5. The number of halogens is 2. The first-order valence-electron chi connectivity index (χ1n) is 10.2. The van der Waals surface area contributed by atoms with E-state index in [1.165, 1.54) is 55.6 Å². The molecule has 4 rings (SSSR count). The maximum atomic E-state index is 13.1. The number of amides is 1. The van der Waals surface area contributed by atoms with E-state index in [4.69, 9.17) is 25.5 Å². The number of furan rings is 1. The molecule has 0 unspecified atom stereocenters. The molecule has 0 fully saturated rings. The maximum Gasteiger partial charge on any atom is 0.291 e. The fourth-order valence-electron chi connectivity index (χ4n) is 3.12. The molecule has 7 nitrogen and oxygen atoms in total. The maximum absolute atomic E-state index is 13.1. The van der Waals surface area contributed by atoms with E-state index in [1.54, 1.807) is 18.2 Å². The van der Waals surface area contributed by atoms with Gasteiger partial charge in [0.2, 0.25) is 9.84 Å². The second kappa shape index (κ2) is 10.6. The van der Waals surface area contributed by atoms with Crippen LogP contribution in [0.2, 0.25) is 5.02 Å². The molecular formula is C25H19BrClNO6S. The molecule has 3 aromatic carbocycles. The Kier molecular flexibility index (Phi) is 7.49. The molecule has 0 radical (unpaired) electrons. The quantitative estimate of drug-likeness (QED) is 0.262. The number of carbonyl (C=O) groups excluding carboxylic acids is 1. The van der Waals surface area contributed by atoms with Gasteiger partial charge in [-0.25, -0.2) is 8.42 Å². The van der Waals surface area contributed by atoms with Crippen molar-refractivity contribution in [1.29, 1.82) is 0 Å². The summed E-state index contributed by atoms with van der Waals surface area (Å²) in [6.45, 7) is 0.136. The molecule has 1 N–H and O–H groups in total. The Bertz CT molecular complexity index is 1450. The largest absolute Gasteiger partial charge is 0.497 e. The summed E-state index contributed by atoms with van der Waals surface area (Å²) in [4.78, 5) is 12.8. The highest BCUT2D eigenvalue weighted by molar-refractivity contribution is 9.10. The van der Waals surface area contributed by atoms with Gasteiger partial charge in [-0.1, -0.05) is 27.5 Å². The summed E-state index contributed by atoms with van der Waals surface area (Å²) >= 11 is 9.24. The number of benzene rings is 3. The van der Waals surface area contributed by atoms with E-state index < -0.39 is 15.7 Å². The third-order valence-corrected chi connectivity index (χ3v) is 7.42. The number of nitrogens with one attached hydrogen (secondary N) is 1. The smallest absolute Gasteiger partial charge is 0.291 e. The van der Waals surface area contributed by atoms with Crippen LogP contribution in [0.3, 0.4) is 0 Å². The van der Waals surface area contributed by atoms with Crippen molar-refractivity contribution in [3.63, 3.8) is 0 Å². The van der Waals surface area contributed by atoms with Crippen molar-refractivity contribution in [3.8, 4) is 11.5 Å². The van der Waals surface area contributed by atoms with E-state index in [9.17, 15) is 13.2 Å². The summed E-state index contributed by atoms with van der Waals surface area (Å²) in [5.74, 6) is 0.863. The number of carbonyl (C=O) groups is 1. The van der Waals surface area contributed by atoms with Gasteiger partial charge in [-0.15, -0.1) is 0 Å². The van der Waals surface area contributed by atoms with Gasteiger partial charge in [-0.3, -0.25) is 4.79 Å². The van der Waals surface area contributed by atoms with E-state index >= 15 is 0 Å². The summed E-state index contributed by atoms with van der Waals surface area (Å²) in [6.07, 6.45) is 0. The van der Waals surface area contributed by atoms with Gasteiger partial charge in [0.25, 0.3) is 5.91 Å². The fourth-order valence-corrected chi connectivity index (χ4v) is 4.83. The summed E-state index contributed by atoms with van der Waals surface area (Å²) < 4.78 is 43.6. The number of hydrogen-bond donors (Lipinski definition) is 1. The average molecular weight is 577 g/mol. The SMILES string of the molecule is COc1cc(NC(=O)c2ccc(COc3ccc(Br)cc3)o2)cc(S(=O)(=O)c2ccc(Cl)cc2)c1. The molecule has 0 aliphatic rings. The lowest BCUT2D eigenvalue weighted by molar-refractivity contribution is 0.0992. The first-order chi connectivity index (χ1) is 16.7. The zero-order valence-electron chi connectivity index (χ0n) is 18.3. The van der Waals surface area contributed by atoms with Crippen LogP contribution in [-0.4, -0.2) is 21.4 Å². The molecule has 1 heterocycles. The van der Waals surface area contributed by atoms with Gasteiger partial charge < -0.3 is 19.2 Å². The molecule has 0 saturated carbocycles. The van der Waals surface area contributed by atoms with E-state index in [2.05, 4.69) is 21.2 Å². The summed E-state index contributed by atoms with van der Waals surface area (Å²) in [7, 11) is -2.47. The van der Waals surface area contributed by atoms with Crippen molar-refractivity contribution in [2.45, 2.75) is 16.4 Å². The van der Waals surface area contributed by atoms with Crippen LogP contribution >= 0.6 is 27.5 Å². The highest BCUT2D eigenvalue weighted by Gasteiger charge is 2.21. The standard InChI is InChI=1S/C25H19BrClNO6S/c1-32-21-12-18(13-23(14-21)35(30,31)22-9-4-17(27)5-10-22)28-25(29)24-11-8-20(34-24)15-33-19-6-2-16(26)3-7-19/h2-14H,15H2,1H3,(H,28,29). The first kappa shape index (κ1) is 24.8. The van der Waals surface area contributed by atoms with Crippen LogP contribution in [0.25, 0.3) is 0 Å². The molecule has 35 heavy (non-hydrogen) atoms. The number of anilines is 1. The molecule has 4 aromatic rings. The molecule has 0 atom stereocenters. The molecule has 0 bridgehead atoms.